The Labute approximate surface area is 137 Å². The number of nitrogens with one attached hydrogen (secondary N) is 1. The van der Waals surface area contributed by atoms with Gasteiger partial charge in [0.1, 0.15) is 5.75 Å². The van der Waals surface area contributed by atoms with Crippen LogP contribution in [0.4, 0.5) is 5.69 Å². The normalized spacial score (nSPS) is 10.3. The average molecular weight is 369 g/mol. The van der Waals surface area contributed by atoms with E-state index in [0.29, 0.717) is 10.8 Å². The third-order valence-electron chi connectivity index (χ3n) is 3.13. The van der Waals surface area contributed by atoms with Gasteiger partial charge in [-0.25, -0.2) is 0 Å². The highest BCUT2D eigenvalue weighted by molar-refractivity contribution is 9.10. The highest BCUT2D eigenvalue weighted by Crippen LogP contribution is 2.27. The number of amides is 1. The summed E-state index contributed by atoms with van der Waals surface area (Å²) in [6.45, 7) is 3.88. The summed E-state index contributed by atoms with van der Waals surface area (Å²) in [7, 11) is 0. The highest BCUT2D eigenvalue weighted by atomic mass is 79.9. The number of hydrogen-bond donors (Lipinski definition) is 1. The summed E-state index contributed by atoms with van der Waals surface area (Å²) >= 11 is 9.35. The summed E-state index contributed by atoms with van der Waals surface area (Å²) in [4.78, 5) is 11.9. The second kappa shape index (κ2) is 6.96. The first kappa shape index (κ1) is 15.9. The van der Waals surface area contributed by atoms with Crippen molar-refractivity contribution in [3.63, 3.8) is 0 Å². The summed E-state index contributed by atoms with van der Waals surface area (Å²) in [5.74, 6) is 0.263. The van der Waals surface area contributed by atoms with Crippen LogP contribution in [0.15, 0.2) is 40.9 Å². The van der Waals surface area contributed by atoms with Gasteiger partial charge in [-0.3, -0.25) is 4.79 Å². The summed E-state index contributed by atoms with van der Waals surface area (Å²) < 4.78 is 6.29. The highest BCUT2D eigenvalue weighted by Gasteiger charge is 2.08. The Morgan fingerprint density at radius 1 is 1.29 bits per heavy atom. The van der Waals surface area contributed by atoms with Crippen molar-refractivity contribution < 1.29 is 9.53 Å². The Morgan fingerprint density at radius 3 is 2.76 bits per heavy atom. The molecule has 0 spiro atoms. The minimum Gasteiger partial charge on any atom is -0.482 e. The van der Waals surface area contributed by atoms with Gasteiger partial charge in [0, 0.05) is 10.2 Å². The van der Waals surface area contributed by atoms with Crippen LogP contribution in [0.5, 0.6) is 5.75 Å². The lowest BCUT2D eigenvalue weighted by Gasteiger charge is -2.11. The van der Waals surface area contributed by atoms with E-state index in [1.54, 1.807) is 12.1 Å². The van der Waals surface area contributed by atoms with E-state index in [1.807, 2.05) is 38.1 Å². The van der Waals surface area contributed by atoms with Crippen molar-refractivity contribution in [1.29, 1.82) is 0 Å². The number of aryl methyl sites for hydroxylation is 1. The molecule has 2 aromatic carbocycles. The third-order valence-corrected chi connectivity index (χ3v) is 3.92. The van der Waals surface area contributed by atoms with Gasteiger partial charge in [-0.1, -0.05) is 39.7 Å². The lowest BCUT2D eigenvalue weighted by Crippen LogP contribution is -2.20. The maximum Gasteiger partial charge on any atom is 0.262 e. The fourth-order valence-corrected chi connectivity index (χ4v) is 2.54. The standard InChI is InChI=1S/C16H15BrClNO2/c1-10-4-3-5-14(11(10)2)19-16(20)9-21-15-7-6-12(17)8-13(15)18/h3-8H,9H2,1-2H3,(H,19,20). The molecule has 0 radical (unpaired) electrons. The molecule has 2 rings (SSSR count). The van der Waals surface area contributed by atoms with Crippen LogP contribution in [0.1, 0.15) is 11.1 Å². The predicted octanol–water partition coefficient (Wildman–Crippen LogP) is 4.74. The molecular weight excluding hydrogens is 354 g/mol. The largest absolute Gasteiger partial charge is 0.482 e. The topological polar surface area (TPSA) is 38.3 Å². The van der Waals surface area contributed by atoms with Gasteiger partial charge in [0.05, 0.1) is 5.02 Å². The Hall–Kier alpha value is -1.52. The molecule has 1 amide bonds. The zero-order valence-corrected chi connectivity index (χ0v) is 14.1. The van der Waals surface area contributed by atoms with Crippen LogP contribution in [-0.4, -0.2) is 12.5 Å². The number of hydrogen-bond acceptors (Lipinski definition) is 2. The van der Waals surface area contributed by atoms with Crippen LogP contribution in [0.3, 0.4) is 0 Å². The van der Waals surface area contributed by atoms with Crippen molar-refractivity contribution >= 4 is 39.1 Å². The van der Waals surface area contributed by atoms with Gasteiger partial charge in [0.25, 0.3) is 5.91 Å². The van der Waals surface area contributed by atoms with Gasteiger partial charge in [-0.05, 0) is 49.2 Å². The van der Waals surface area contributed by atoms with E-state index < -0.39 is 0 Å². The number of anilines is 1. The van der Waals surface area contributed by atoms with E-state index in [-0.39, 0.29) is 12.5 Å². The van der Waals surface area contributed by atoms with Gasteiger partial charge >= 0.3 is 0 Å². The van der Waals surface area contributed by atoms with Crippen LogP contribution in [0, 0.1) is 13.8 Å². The first-order valence-electron chi connectivity index (χ1n) is 6.41. The molecule has 0 saturated heterocycles. The van der Waals surface area contributed by atoms with Crippen LogP contribution in [-0.2, 0) is 4.79 Å². The van der Waals surface area contributed by atoms with Crippen molar-refractivity contribution in [1.82, 2.24) is 0 Å². The van der Waals surface area contributed by atoms with Crippen molar-refractivity contribution in [3.8, 4) is 5.75 Å². The van der Waals surface area contributed by atoms with E-state index in [9.17, 15) is 4.79 Å². The second-order valence-corrected chi connectivity index (χ2v) is 5.98. The fraction of sp³-hybridized carbons (Fsp3) is 0.188. The third kappa shape index (κ3) is 4.22. The molecule has 0 aliphatic heterocycles. The van der Waals surface area contributed by atoms with Crippen molar-refractivity contribution in [2.75, 3.05) is 11.9 Å². The fourth-order valence-electron chi connectivity index (χ4n) is 1.81. The molecule has 2 aromatic rings. The molecule has 0 bridgehead atoms. The average Bonchev–Trinajstić information content (AvgIpc) is 2.43. The Bertz CT molecular complexity index is 673. The summed E-state index contributed by atoms with van der Waals surface area (Å²) in [6, 6.07) is 11.0. The zero-order valence-electron chi connectivity index (χ0n) is 11.7. The van der Waals surface area contributed by atoms with Crippen molar-refractivity contribution in [2.45, 2.75) is 13.8 Å². The Morgan fingerprint density at radius 2 is 2.05 bits per heavy atom. The Kier molecular flexibility index (Phi) is 5.26. The van der Waals surface area contributed by atoms with Gasteiger partial charge in [-0.2, -0.15) is 0 Å². The molecule has 1 N–H and O–H groups in total. The van der Waals surface area contributed by atoms with Crippen LogP contribution in [0.2, 0.25) is 5.02 Å². The van der Waals surface area contributed by atoms with Crippen LogP contribution in [0.25, 0.3) is 0 Å². The minimum absolute atomic E-state index is 0.0886. The van der Waals surface area contributed by atoms with E-state index in [0.717, 1.165) is 21.3 Å². The molecule has 0 aliphatic rings. The summed E-state index contributed by atoms with van der Waals surface area (Å²) in [6.07, 6.45) is 0. The number of carbonyl (C=O) groups is 1. The molecule has 3 nitrogen and oxygen atoms in total. The van der Waals surface area contributed by atoms with E-state index in [2.05, 4.69) is 21.2 Å². The first-order valence-corrected chi connectivity index (χ1v) is 7.58. The summed E-state index contributed by atoms with van der Waals surface area (Å²) in [5.41, 5.74) is 2.97. The molecule has 0 aliphatic carbocycles. The molecule has 5 heteroatoms. The van der Waals surface area contributed by atoms with Gasteiger partial charge in [0.15, 0.2) is 6.61 Å². The van der Waals surface area contributed by atoms with E-state index >= 15 is 0 Å². The van der Waals surface area contributed by atoms with Gasteiger partial charge in [-0.15, -0.1) is 0 Å². The second-order valence-electron chi connectivity index (χ2n) is 4.66. The first-order chi connectivity index (χ1) is 9.97. The predicted molar refractivity (Wildman–Crippen MR) is 89.2 cm³/mol. The smallest absolute Gasteiger partial charge is 0.262 e. The molecular formula is C16H15BrClNO2. The quantitative estimate of drug-likeness (QED) is 0.846. The van der Waals surface area contributed by atoms with Crippen LogP contribution >= 0.6 is 27.5 Å². The monoisotopic (exact) mass is 367 g/mol. The molecule has 0 atom stereocenters. The molecule has 0 aromatic heterocycles. The van der Waals surface area contributed by atoms with E-state index in [4.69, 9.17) is 16.3 Å². The van der Waals surface area contributed by atoms with Crippen LogP contribution < -0.4 is 10.1 Å². The van der Waals surface area contributed by atoms with E-state index in [1.165, 1.54) is 0 Å². The maximum absolute atomic E-state index is 11.9. The molecule has 0 unspecified atom stereocenters. The Balaban J connectivity index is 1.97. The summed E-state index contributed by atoms with van der Waals surface area (Å²) in [5, 5.41) is 3.30. The molecule has 0 heterocycles. The SMILES string of the molecule is Cc1cccc(NC(=O)COc2ccc(Br)cc2Cl)c1C. The lowest BCUT2D eigenvalue weighted by molar-refractivity contribution is -0.118. The maximum atomic E-state index is 11.9. The van der Waals surface area contributed by atoms with Crippen molar-refractivity contribution in [2.24, 2.45) is 0 Å². The lowest BCUT2D eigenvalue weighted by atomic mass is 10.1. The molecule has 0 saturated carbocycles. The molecule has 110 valence electrons. The number of benzene rings is 2. The molecule has 21 heavy (non-hydrogen) atoms. The number of halogens is 2. The van der Waals surface area contributed by atoms with Gasteiger partial charge in [0.2, 0.25) is 0 Å². The van der Waals surface area contributed by atoms with Crippen molar-refractivity contribution in [3.05, 3.63) is 57.0 Å². The number of rotatable bonds is 4. The minimum atomic E-state index is -0.220. The number of ether oxygens (including phenoxy) is 1. The van der Waals surface area contributed by atoms with Gasteiger partial charge < -0.3 is 10.1 Å². The molecule has 0 fully saturated rings. The zero-order chi connectivity index (χ0) is 15.4. The number of carbonyl (C=O) groups excluding carboxylic acids is 1.